The van der Waals surface area contributed by atoms with Gasteiger partial charge in [0.2, 0.25) is 0 Å². The van der Waals surface area contributed by atoms with E-state index in [9.17, 15) is 5.11 Å². The Balaban J connectivity index is 2.01. The molecule has 2 atom stereocenters. The molecular formula is C13H18O3. The van der Waals surface area contributed by atoms with Gasteiger partial charge in [0.15, 0.2) is 0 Å². The van der Waals surface area contributed by atoms with E-state index >= 15 is 0 Å². The average Bonchev–Trinajstić information content (AvgIpc) is 2.32. The number of methoxy groups -OCH3 is 1. The molecule has 88 valence electrons. The predicted octanol–water partition coefficient (Wildman–Crippen LogP) is 2.38. The lowest BCUT2D eigenvalue weighted by molar-refractivity contribution is 0.00678. The van der Waals surface area contributed by atoms with E-state index in [0.717, 1.165) is 37.2 Å². The van der Waals surface area contributed by atoms with Crippen molar-refractivity contribution in [2.45, 2.75) is 37.9 Å². The Bertz CT molecular complexity index is 338. The minimum absolute atomic E-state index is 0.0687. The normalized spacial score (nSPS) is 25.1. The second-order valence-corrected chi connectivity index (χ2v) is 4.19. The maximum absolute atomic E-state index is 9.80. The van der Waals surface area contributed by atoms with E-state index in [4.69, 9.17) is 9.47 Å². The zero-order chi connectivity index (χ0) is 11.4. The van der Waals surface area contributed by atoms with Gasteiger partial charge in [0, 0.05) is 6.07 Å². The van der Waals surface area contributed by atoms with Gasteiger partial charge in [-0.15, -0.1) is 0 Å². The minimum atomic E-state index is -0.333. The van der Waals surface area contributed by atoms with Gasteiger partial charge in [0.1, 0.15) is 17.6 Å². The van der Waals surface area contributed by atoms with E-state index in [0.29, 0.717) is 0 Å². The standard InChI is InChI=1S/C13H18O3/c1-15-10-5-4-6-11(9-10)16-13-8-3-2-7-12(13)14/h4-6,9,12-14H,2-3,7-8H2,1H3. The SMILES string of the molecule is COc1cccc(OC2CCCCC2O)c1. The summed E-state index contributed by atoms with van der Waals surface area (Å²) in [5, 5.41) is 9.80. The monoisotopic (exact) mass is 222 g/mol. The minimum Gasteiger partial charge on any atom is -0.497 e. The Morgan fingerprint density at radius 3 is 2.69 bits per heavy atom. The number of hydrogen-bond donors (Lipinski definition) is 1. The molecule has 1 aliphatic rings. The molecule has 0 heterocycles. The van der Waals surface area contributed by atoms with Gasteiger partial charge in [-0.1, -0.05) is 12.5 Å². The van der Waals surface area contributed by atoms with Crippen LogP contribution in [0.15, 0.2) is 24.3 Å². The molecular weight excluding hydrogens is 204 g/mol. The predicted molar refractivity (Wildman–Crippen MR) is 61.9 cm³/mol. The third-order valence-corrected chi connectivity index (χ3v) is 3.00. The molecule has 3 heteroatoms. The van der Waals surface area contributed by atoms with Crippen LogP contribution in [0.1, 0.15) is 25.7 Å². The fourth-order valence-electron chi connectivity index (χ4n) is 2.06. The number of aliphatic hydroxyl groups is 1. The summed E-state index contributed by atoms with van der Waals surface area (Å²) in [5.74, 6) is 1.55. The Kier molecular flexibility index (Phi) is 3.67. The maximum Gasteiger partial charge on any atom is 0.124 e. The topological polar surface area (TPSA) is 38.7 Å². The quantitative estimate of drug-likeness (QED) is 0.853. The van der Waals surface area contributed by atoms with Crippen LogP contribution in [-0.4, -0.2) is 24.4 Å². The number of ether oxygens (including phenoxy) is 2. The third-order valence-electron chi connectivity index (χ3n) is 3.00. The molecule has 1 aromatic carbocycles. The van der Waals surface area contributed by atoms with Gasteiger partial charge in [0.25, 0.3) is 0 Å². The van der Waals surface area contributed by atoms with Gasteiger partial charge in [-0.3, -0.25) is 0 Å². The summed E-state index contributed by atoms with van der Waals surface area (Å²) < 4.78 is 10.9. The maximum atomic E-state index is 9.80. The van der Waals surface area contributed by atoms with Crippen LogP contribution in [0, 0.1) is 0 Å². The molecule has 2 rings (SSSR count). The summed E-state index contributed by atoms with van der Waals surface area (Å²) in [6.07, 6.45) is 3.60. The van der Waals surface area contributed by atoms with E-state index in [-0.39, 0.29) is 12.2 Å². The highest BCUT2D eigenvalue weighted by Gasteiger charge is 2.24. The molecule has 1 aliphatic carbocycles. The molecule has 0 bridgehead atoms. The molecule has 2 unspecified atom stereocenters. The first-order chi connectivity index (χ1) is 7.79. The summed E-state index contributed by atoms with van der Waals surface area (Å²) in [6.45, 7) is 0. The summed E-state index contributed by atoms with van der Waals surface area (Å²) in [6, 6.07) is 7.51. The molecule has 1 saturated carbocycles. The zero-order valence-electron chi connectivity index (χ0n) is 9.56. The summed E-state index contributed by atoms with van der Waals surface area (Å²) in [7, 11) is 1.63. The molecule has 0 aliphatic heterocycles. The van der Waals surface area contributed by atoms with Crippen molar-refractivity contribution in [3.8, 4) is 11.5 Å². The molecule has 3 nitrogen and oxygen atoms in total. The van der Waals surface area contributed by atoms with Crippen LogP contribution in [0.25, 0.3) is 0 Å². The Morgan fingerprint density at radius 1 is 1.19 bits per heavy atom. The first kappa shape index (κ1) is 11.3. The number of hydrogen-bond acceptors (Lipinski definition) is 3. The fraction of sp³-hybridized carbons (Fsp3) is 0.538. The lowest BCUT2D eigenvalue weighted by Crippen LogP contribution is -2.34. The highest BCUT2D eigenvalue weighted by Crippen LogP contribution is 2.26. The molecule has 1 aromatic rings. The van der Waals surface area contributed by atoms with E-state index in [2.05, 4.69) is 0 Å². The van der Waals surface area contributed by atoms with E-state index in [1.165, 1.54) is 0 Å². The van der Waals surface area contributed by atoms with E-state index in [1.54, 1.807) is 7.11 Å². The van der Waals surface area contributed by atoms with Crippen molar-refractivity contribution in [2.24, 2.45) is 0 Å². The second-order valence-electron chi connectivity index (χ2n) is 4.19. The van der Waals surface area contributed by atoms with Crippen molar-refractivity contribution < 1.29 is 14.6 Å². The van der Waals surface area contributed by atoms with Crippen LogP contribution in [0.5, 0.6) is 11.5 Å². The highest BCUT2D eigenvalue weighted by molar-refractivity contribution is 5.33. The molecule has 0 amide bonds. The van der Waals surface area contributed by atoms with Crippen molar-refractivity contribution in [3.63, 3.8) is 0 Å². The number of benzene rings is 1. The molecule has 1 N–H and O–H groups in total. The van der Waals surface area contributed by atoms with E-state index < -0.39 is 0 Å². The zero-order valence-corrected chi connectivity index (χ0v) is 9.56. The molecule has 0 spiro atoms. The van der Waals surface area contributed by atoms with Gasteiger partial charge < -0.3 is 14.6 Å². The average molecular weight is 222 g/mol. The van der Waals surface area contributed by atoms with E-state index in [1.807, 2.05) is 24.3 Å². The number of rotatable bonds is 3. The van der Waals surface area contributed by atoms with Crippen LogP contribution in [0.4, 0.5) is 0 Å². The molecule has 1 fully saturated rings. The van der Waals surface area contributed by atoms with Crippen LogP contribution >= 0.6 is 0 Å². The second kappa shape index (κ2) is 5.21. The molecule has 0 aromatic heterocycles. The van der Waals surface area contributed by atoms with Crippen LogP contribution in [-0.2, 0) is 0 Å². The van der Waals surface area contributed by atoms with Crippen molar-refractivity contribution in [1.82, 2.24) is 0 Å². The Hall–Kier alpha value is -1.22. The van der Waals surface area contributed by atoms with Crippen molar-refractivity contribution in [2.75, 3.05) is 7.11 Å². The van der Waals surface area contributed by atoms with Crippen molar-refractivity contribution in [3.05, 3.63) is 24.3 Å². The highest BCUT2D eigenvalue weighted by atomic mass is 16.5. The largest absolute Gasteiger partial charge is 0.497 e. The lowest BCUT2D eigenvalue weighted by atomic mass is 9.95. The molecule has 16 heavy (non-hydrogen) atoms. The third kappa shape index (κ3) is 2.67. The first-order valence-corrected chi connectivity index (χ1v) is 5.78. The molecule has 0 radical (unpaired) electrons. The summed E-state index contributed by atoms with van der Waals surface area (Å²) in [4.78, 5) is 0. The summed E-state index contributed by atoms with van der Waals surface area (Å²) in [5.41, 5.74) is 0. The number of aliphatic hydroxyl groups excluding tert-OH is 1. The van der Waals surface area contributed by atoms with Crippen molar-refractivity contribution >= 4 is 0 Å². The summed E-state index contributed by atoms with van der Waals surface area (Å²) >= 11 is 0. The van der Waals surface area contributed by atoms with Gasteiger partial charge >= 0.3 is 0 Å². The van der Waals surface area contributed by atoms with Gasteiger partial charge in [-0.2, -0.15) is 0 Å². The van der Waals surface area contributed by atoms with Crippen molar-refractivity contribution in [1.29, 1.82) is 0 Å². The Labute approximate surface area is 96.0 Å². The van der Waals surface area contributed by atoms with Gasteiger partial charge in [0.05, 0.1) is 13.2 Å². The lowest BCUT2D eigenvalue weighted by Gasteiger charge is -2.28. The van der Waals surface area contributed by atoms with Gasteiger partial charge in [-0.05, 0) is 31.4 Å². The smallest absolute Gasteiger partial charge is 0.124 e. The van der Waals surface area contributed by atoms with Crippen LogP contribution < -0.4 is 9.47 Å². The van der Waals surface area contributed by atoms with Gasteiger partial charge in [-0.25, -0.2) is 0 Å². The fourth-order valence-corrected chi connectivity index (χ4v) is 2.06. The molecule has 0 saturated heterocycles. The Morgan fingerprint density at radius 2 is 1.94 bits per heavy atom. The van der Waals surface area contributed by atoms with Crippen LogP contribution in [0.2, 0.25) is 0 Å². The van der Waals surface area contributed by atoms with Crippen LogP contribution in [0.3, 0.4) is 0 Å². The first-order valence-electron chi connectivity index (χ1n) is 5.78.